The molecule has 1 unspecified atom stereocenters. The molecule has 1 rings (SSSR count). The van der Waals surface area contributed by atoms with Gasteiger partial charge in [-0.05, 0) is 20.3 Å². The topological polar surface area (TPSA) is 55.6 Å². The highest BCUT2D eigenvalue weighted by Gasteiger charge is 2.34. The molecule has 76 valence electrons. The first-order valence-corrected chi connectivity index (χ1v) is 4.57. The molecule has 4 heteroatoms. The summed E-state index contributed by atoms with van der Waals surface area (Å²) in [4.78, 5) is 13.6. The molecule has 0 bridgehead atoms. The first-order chi connectivity index (χ1) is 5.97. The third-order valence-electron chi connectivity index (χ3n) is 2.54. The maximum atomic E-state index is 11.8. The lowest BCUT2D eigenvalue weighted by Crippen LogP contribution is -2.46. The average molecular weight is 186 g/mol. The summed E-state index contributed by atoms with van der Waals surface area (Å²) in [5.74, 6) is 0.0305. The Morgan fingerprint density at radius 2 is 2.23 bits per heavy atom. The molecule has 0 aromatic carbocycles. The van der Waals surface area contributed by atoms with E-state index in [1.165, 1.54) is 0 Å². The Labute approximate surface area is 79.0 Å². The Kier molecular flexibility index (Phi) is 2.93. The Morgan fingerprint density at radius 1 is 1.62 bits per heavy atom. The van der Waals surface area contributed by atoms with Gasteiger partial charge in [-0.25, -0.2) is 0 Å². The highest BCUT2D eigenvalue weighted by molar-refractivity contribution is 5.84. The molecule has 1 atom stereocenters. The number of carbonyl (C=O) groups is 1. The van der Waals surface area contributed by atoms with Crippen molar-refractivity contribution in [2.75, 3.05) is 20.2 Å². The average Bonchev–Trinajstić information content (AvgIpc) is 2.50. The fourth-order valence-electron chi connectivity index (χ4n) is 1.44. The standard InChI is InChI=1S/C9H18N2O2/c1-9(2,13-3)8(12)11-5-4-7(10)6-11/h7H,4-6,10H2,1-3H3. The summed E-state index contributed by atoms with van der Waals surface area (Å²) in [5.41, 5.74) is 4.99. The second-order valence-electron chi connectivity index (χ2n) is 4.01. The highest BCUT2D eigenvalue weighted by Crippen LogP contribution is 2.16. The fourth-order valence-corrected chi connectivity index (χ4v) is 1.44. The largest absolute Gasteiger partial charge is 0.369 e. The SMILES string of the molecule is COC(C)(C)C(=O)N1CCC(N)C1. The fraction of sp³-hybridized carbons (Fsp3) is 0.889. The Hall–Kier alpha value is -0.610. The predicted octanol–water partition coefficient (Wildman–Crippen LogP) is -0.0290. The van der Waals surface area contributed by atoms with Crippen LogP contribution in [0.25, 0.3) is 0 Å². The van der Waals surface area contributed by atoms with Crippen LogP contribution < -0.4 is 5.73 Å². The smallest absolute Gasteiger partial charge is 0.254 e. The Balaban J connectivity index is 2.58. The van der Waals surface area contributed by atoms with Crippen molar-refractivity contribution in [1.29, 1.82) is 0 Å². The third kappa shape index (κ3) is 2.19. The van der Waals surface area contributed by atoms with E-state index in [1.807, 2.05) is 0 Å². The molecule has 2 N–H and O–H groups in total. The van der Waals surface area contributed by atoms with E-state index in [9.17, 15) is 4.79 Å². The van der Waals surface area contributed by atoms with Gasteiger partial charge in [0, 0.05) is 26.2 Å². The van der Waals surface area contributed by atoms with Crippen molar-refractivity contribution in [2.45, 2.75) is 31.9 Å². The van der Waals surface area contributed by atoms with Crippen LogP contribution in [0.2, 0.25) is 0 Å². The van der Waals surface area contributed by atoms with E-state index >= 15 is 0 Å². The minimum Gasteiger partial charge on any atom is -0.369 e. The summed E-state index contributed by atoms with van der Waals surface area (Å²) >= 11 is 0. The zero-order chi connectivity index (χ0) is 10.1. The lowest BCUT2D eigenvalue weighted by atomic mass is 10.1. The summed E-state index contributed by atoms with van der Waals surface area (Å²) in [6, 6.07) is 0.136. The summed E-state index contributed by atoms with van der Waals surface area (Å²) in [6.45, 7) is 4.97. The molecular weight excluding hydrogens is 168 g/mol. The number of nitrogens with zero attached hydrogens (tertiary/aromatic N) is 1. The van der Waals surface area contributed by atoms with Crippen LogP contribution in [-0.4, -0.2) is 42.6 Å². The lowest BCUT2D eigenvalue weighted by molar-refractivity contribution is -0.149. The van der Waals surface area contributed by atoms with Gasteiger partial charge in [0.1, 0.15) is 5.60 Å². The van der Waals surface area contributed by atoms with E-state index in [1.54, 1.807) is 25.9 Å². The van der Waals surface area contributed by atoms with Crippen LogP contribution in [0.1, 0.15) is 20.3 Å². The monoisotopic (exact) mass is 186 g/mol. The number of carbonyl (C=O) groups excluding carboxylic acids is 1. The van der Waals surface area contributed by atoms with Gasteiger partial charge in [0.15, 0.2) is 0 Å². The number of nitrogens with two attached hydrogens (primary N) is 1. The number of hydrogen-bond donors (Lipinski definition) is 1. The van der Waals surface area contributed by atoms with Gasteiger partial charge in [-0.2, -0.15) is 0 Å². The number of ether oxygens (including phenoxy) is 1. The molecule has 0 aromatic rings. The third-order valence-corrected chi connectivity index (χ3v) is 2.54. The van der Waals surface area contributed by atoms with Crippen molar-refractivity contribution < 1.29 is 9.53 Å². The summed E-state index contributed by atoms with van der Waals surface area (Å²) in [5, 5.41) is 0. The van der Waals surface area contributed by atoms with E-state index in [4.69, 9.17) is 10.5 Å². The van der Waals surface area contributed by atoms with Crippen molar-refractivity contribution in [3.63, 3.8) is 0 Å². The van der Waals surface area contributed by atoms with Crippen LogP contribution in [0.3, 0.4) is 0 Å². The molecule has 1 aliphatic rings. The number of amides is 1. The predicted molar refractivity (Wildman–Crippen MR) is 50.3 cm³/mol. The molecule has 1 aliphatic heterocycles. The summed E-state index contributed by atoms with van der Waals surface area (Å²) in [7, 11) is 1.55. The molecule has 1 amide bonds. The van der Waals surface area contributed by atoms with Crippen LogP contribution in [-0.2, 0) is 9.53 Å². The molecule has 0 spiro atoms. The zero-order valence-electron chi connectivity index (χ0n) is 8.54. The first kappa shape index (κ1) is 10.5. The summed E-state index contributed by atoms with van der Waals surface area (Å²) < 4.78 is 5.12. The number of rotatable bonds is 2. The number of likely N-dealkylation sites (tertiary alicyclic amines) is 1. The van der Waals surface area contributed by atoms with Crippen LogP contribution in [0.4, 0.5) is 0 Å². The Morgan fingerprint density at radius 3 is 2.62 bits per heavy atom. The molecule has 1 heterocycles. The molecule has 4 nitrogen and oxygen atoms in total. The van der Waals surface area contributed by atoms with Crippen molar-refractivity contribution in [3.8, 4) is 0 Å². The molecule has 13 heavy (non-hydrogen) atoms. The quantitative estimate of drug-likeness (QED) is 0.659. The second-order valence-corrected chi connectivity index (χ2v) is 4.01. The highest BCUT2D eigenvalue weighted by atomic mass is 16.5. The van der Waals surface area contributed by atoms with Gasteiger partial charge >= 0.3 is 0 Å². The van der Waals surface area contributed by atoms with Crippen LogP contribution in [0.15, 0.2) is 0 Å². The van der Waals surface area contributed by atoms with Gasteiger partial charge in [-0.15, -0.1) is 0 Å². The van der Waals surface area contributed by atoms with Gasteiger partial charge in [0.25, 0.3) is 5.91 Å². The van der Waals surface area contributed by atoms with Crippen molar-refractivity contribution >= 4 is 5.91 Å². The first-order valence-electron chi connectivity index (χ1n) is 4.57. The van der Waals surface area contributed by atoms with E-state index in [0.717, 1.165) is 13.0 Å². The van der Waals surface area contributed by atoms with E-state index < -0.39 is 5.60 Å². The number of hydrogen-bond acceptors (Lipinski definition) is 3. The van der Waals surface area contributed by atoms with Gasteiger partial charge in [-0.1, -0.05) is 0 Å². The van der Waals surface area contributed by atoms with Crippen LogP contribution >= 0.6 is 0 Å². The normalized spacial score (nSPS) is 23.7. The maximum Gasteiger partial charge on any atom is 0.254 e. The minimum atomic E-state index is -0.718. The number of methoxy groups -OCH3 is 1. The molecule has 1 fully saturated rings. The van der Waals surface area contributed by atoms with E-state index in [0.29, 0.717) is 6.54 Å². The van der Waals surface area contributed by atoms with Gasteiger partial charge < -0.3 is 15.4 Å². The molecule has 0 saturated carbocycles. The minimum absolute atomic E-state index is 0.0305. The maximum absolute atomic E-state index is 11.8. The Bertz CT molecular complexity index is 204. The zero-order valence-corrected chi connectivity index (χ0v) is 8.54. The van der Waals surface area contributed by atoms with Crippen molar-refractivity contribution in [1.82, 2.24) is 4.90 Å². The molecule has 1 saturated heterocycles. The van der Waals surface area contributed by atoms with Gasteiger partial charge in [0.2, 0.25) is 0 Å². The van der Waals surface area contributed by atoms with E-state index in [-0.39, 0.29) is 11.9 Å². The van der Waals surface area contributed by atoms with Crippen LogP contribution in [0.5, 0.6) is 0 Å². The molecule has 0 aliphatic carbocycles. The van der Waals surface area contributed by atoms with Crippen molar-refractivity contribution in [3.05, 3.63) is 0 Å². The molecular formula is C9H18N2O2. The molecule has 0 radical (unpaired) electrons. The van der Waals surface area contributed by atoms with Gasteiger partial charge in [-0.3, -0.25) is 4.79 Å². The molecule has 0 aromatic heterocycles. The summed E-state index contributed by atoms with van der Waals surface area (Å²) in [6.07, 6.45) is 0.894. The van der Waals surface area contributed by atoms with Crippen molar-refractivity contribution in [2.24, 2.45) is 5.73 Å². The lowest BCUT2D eigenvalue weighted by Gasteiger charge is -2.27. The van der Waals surface area contributed by atoms with Crippen LogP contribution in [0, 0.1) is 0 Å². The van der Waals surface area contributed by atoms with Gasteiger partial charge in [0.05, 0.1) is 0 Å². The second kappa shape index (κ2) is 3.64. The van der Waals surface area contributed by atoms with E-state index in [2.05, 4.69) is 0 Å².